The van der Waals surface area contributed by atoms with Gasteiger partial charge in [-0.2, -0.15) is 0 Å². The summed E-state index contributed by atoms with van der Waals surface area (Å²) >= 11 is 3.33. The largest absolute Gasteiger partial charge is 0.284 e. The molecule has 0 aliphatic carbocycles. The van der Waals surface area contributed by atoms with E-state index in [9.17, 15) is 4.79 Å². The van der Waals surface area contributed by atoms with Crippen molar-refractivity contribution in [1.29, 1.82) is 0 Å². The van der Waals surface area contributed by atoms with Gasteiger partial charge in [0.15, 0.2) is 0 Å². The number of rotatable bonds is 1. The number of nitrogens with zero attached hydrogens (tertiary/aromatic N) is 1. The Balaban J connectivity index is 2.30. The van der Waals surface area contributed by atoms with E-state index in [1.165, 1.54) is 0 Å². The predicted molar refractivity (Wildman–Crippen MR) is 50.8 cm³/mol. The van der Waals surface area contributed by atoms with Crippen LogP contribution in [0.25, 0.3) is 0 Å². The Labute approximate surface area is 78.6 Å². The molecule has 12 heavy (non-hydrogen) atoms. The minimum Gasteiger partial charge on any atom is -0.284 e. The van der Waals surface area contributed by atoms with Crippen LogP contribution in [0.15, 0.2) is 41.0 Å². The Hall–Kier alpha value is -1.09. The highest BCUT2D eigenvalue weighted by Gasteiger charge is 2.17. The van der Waals surface area contributed by atoms with Gasteiger partial charge in [-0.15, -0.1) is 0 Å². The lowest BCUT2D eigenvalue weighted by Gasteiger charge is -2.22. The first-order chi connectivity index (χ1) is 5.77. The zero-order chi connectivity index (χ0) is 8.55. The zero-order valence-corrected chi connectivity index (χ0v) is 7.78. The molecule has 0 spiro atoms. The van der Waals surface area contributed by atoms with Crippen LogP contribution in [0, 0.1) is 0 Å². The summed E-state index contributed by atoms with van der Waals surface area (Å²) in [6, 6.07) is 7.61. The minimum atomic E-state index is 0.0392. The molecule has 1 heterocycles. The van der Waals surface area contributed by atoms with Crippen LogP contribution < -0.4 is 4.90 Å². The molecule has 1 aliphatic heterocycles. The van der Waals surface area contributed by atoms with Crippen LogP contribution in [0.4, 0.5) is 5.69 Å². The average Bonchev–Trinajstić information content (AvgIpc) is 2.06. The van der Waals surface area contributed by atoms with Crippen LogP contribution in [0.3, 0.4) is 0 Å². The Bertz CT molecular complexity index is 342. The molecule has 0 unspecified atom stereocenters. The number of carbonyl (C=O) groups is 1. The second kappa shape index (κ2) is 2.75. The van der Waals surface area contributed by atoms with Gasteiger partial charge in [-0.1, -0.05) is 15.9 Å². The highest BCUT2D eigenvalue weighted by Crippen LogP contribution is 2.21. The molecule has 0 N–H and O–H groups in total. The Kier molecular flexibility index (Phi) is 1.73. The third-order valence-electron chi connectivity index (χ3n) is 1.71. The fourth-order valence-electron chi connectivity index (χ4n) is 1.02. The Morgan fingerprint density at radius 1 is 1.17 bits per heavy atom. The van der Waals surface area contributed by atoms with Gasteiger partial charge >= 0.3 is 0 Å². The number of carbonyl (C=O) groups excluding carboxylic acids is 1. The van der Waals surface area contributed by atoms with E-state index in [0.29, 0.717) is 0 Å². The standard InChI is InChI=1S/C9H6BrNO/c10-7-1-3-8(4-2-7)11-6-5-9(11)12/h1-6H. The molecule has 1 aromatic carbocycles. The number of benzene rings is 1. The maximum atomic E-state index is 10.9. The van der Waals surface area contributed by atoms with Gasteiger partial charge in [-0.05, 0) is 24.3 Å². The summed E-state index contributed by atoms with van der Waals surface area (Å²) < 4.78 is 1.02. The predicted octanol–water partition coefficient (Wildman–Crippen LogP) is 2.31. The summed E-state index contributed by atoms with van der Waals surface area (Å²) in [6.07, 6.45) is 3.30. The fraction of sp³-hybridized carbons (Fsp3) is 0. The molecular formula is C9H6BrNO. The van der Waals surface area contributed by atoms with Crippen molar-refractivity contribution in [3.63, 3.8) is 0 Å². The first kappa shape index (κ1) is 7.55. The second-order valence-electron chi connectivity index (χ2n) is 2.50. The summed E-state index contributed by atoms with van der Waals surface area (Å²) in [5, 5.41) is 0. The molecule has 0 atom stereocenters. The summed E-state index contributed by atoms with van der Waals surface area (Å²) in [4.78, 5) is 12.5. The monoisotopic (exact) mass is 223 g/mol. The van der Waals surface area contributed by atoms with Gasteiger partial charge < -0.3 is 0 Å². The molecule has 1 aliphatic rings. The molecule has 0 saturated carbocycles. The van der Waals surface area contributed by atoms with Gasteiger partial charge in [-0.3, -0.25) is 9.69 Å². The van der Waals surface area contributed by atoms with Crippen LogP contribution in [0.5, 0.6) is 0 Å². The van der Waals surface area contributed by atoms with Crippen molar-refractivity contribution in [2.45, 2.75) is 0 Å². The fourth-order valence-corrected chi connectivity index (χ4v) is 1.29. The number of anilines is 1. The molecule has 0 aromatic heterocycles. The average molecular weight is 224 g/mol. The van der Waals surface area contributed by atoms with Crippen LogP contribution in [-0.4, -0.2) is 5.91 Å². The highest BCUT2D eigenvalue weighted by atomic mass is 79.9. The number of hydrogen-bond acceptors (Lipinski definition) is 1. The number of hydrogen-bond donors (Lipinski definition) is 0. The van der Waals surface area contributed by atoms with Crippen molar-refractivity contribution in [1.82, 2.24) is 0 Å². The zero-order valence-electron chi connectivity index (χ0n) is 6.20. The maximum absolute atomic E-state index is 10.9. The van der Waals surface area contributed by atoms with Crippen molar-refractivity contribution in [3.8, 4) is 0 Å². The lowest BCUT2D eigenvalue weighted by molar-refractivity contribution is -0.114. The minimum absolute atomic E-state index is 0.0392. The molecular weight excluding hydrogens is 218 g/mol. The quantitative estimate of drug-likeness (QED) is 0.716. The van der Waals surface area contributed by atoms with E-state index >= 15 is 0 Å². The molecule has 0 bridgehead atoms. The van der Waals surface area contributed by atoms with Gasteiger partial charge in [0.25, 0.3) is 5.91 Å². The van der Waals surface area contributed by atoms with Crippen molar-refractivity contribution >= 4 is 27.5 Å². The van der Waals surface area contributed by atoms with Gasteiger partial charge in [0.2, 0.25) is 0 Å². The maximum Gasteiger partial charge on any atom is 0.256 e. The van der Waals surface area contributed by atoms with Crippen LogP contribution in [0.2, 0.25) is 0 Å². The van der Waals surface area contributed by atoms with Crippen molar-refractivity contribution in [2.24, 2.45) is 0 Å². The van der Waals surface area contributed by atoms with Crippen molar-refractivity contribution < 1.29 is 4.79 Å². The molecule has 0 radical (unpaired) electrons. The lowest BCUT2D eigenvalue weighted by Crippen LogP contribution is -2.30. The summed E-state index contributed by atoms with van der Waals surface area (Å²) in [5.41, 5.74) is 0.908. The van der Waals surface area contributed by atoms with Crippen LogP contribution in [0.1, 0.15) is 0 Å². The van der Waals surface area contributed by atoms with Gasteiger partial charge in [-0.25, -0.2) is 0 Å². The Morgan fingerprint density at radius 2 is 1.83 bits per heavy atom. The molecule has 0 fully saturated rings. The third-order valence-corrected chi connectivity index (χ3v) is 2.24. The smallest absolute Gasteiger partial charge is 0.256 e. The molecule has 1 amide bonds. The van der Waals surface area contributed by atoms with E-state index in [1.807, 2.05) is 24.3 Å². The van der Waals surface area contributed by atoms with Crippen LogP contribution in [-0.2, 0) is 4.79 Å². The van der Waals surface area contributed by atoms with E-state index < -0.39 is 0 Å². The molecule has 1 aromatic rings. The van der Waals surface area contributed by atoms with Crippen molar-refractivity contribution in [2.75, 3.05) is 4.90 Å². The van der Waals surface area contributed by atoms with E-state index in [2.05, 4.69) is 15.9 Å². The summed E-state index contributed by atoms with van der Waals surface area (Å²) in [6.45, 7) is 0. The molecule has 2 rings (SSSR count). The first-order valence-electron chi connectivity index (χ1n) is 3.54. The van der Waals surface area contributed by atoms with E-state index in [0.717, 1.165) is 10.2 Å². The lowest BCUT2D eigenvalue weighted by atomic mass is 10.2. The number of amides is 1. The van der Waals surface area contributed by atoms with E-state index in [-0.39, 0.29) is 5.91 Å². The highest BCUT2D eigenvalue weighted by molar-refractivity contribution is 9.10. The SMILES string of the molecule is O=C1C=CN1c1ccc(Br)cc1. The Morgan fingerprint density at radius 3 is 2.25 bits per heavy atom. The van der Waals surface area contributed by atoms with Crippen molar-refractivity contribution in [3.05, 3.63) is 41.0 Å². The first-order valence-corrected chi connectivity index (χ1v) is 4.33. The van der Waals surface area contributed by atoms with Gasteiger partial charge in [0.05, 0.1) is 0 Å². The van der Waals surface area contributed by atoms with Crippen LogP contribution >= 0.6 is 15.9 Å². The topological polar surface area (TPSA) is 20.3 Å². The molecule has 60 valence electrons. The third kappa shape index (κ3) is 1.16. The summed E-state index contributed by atoms with van der Waals surface area (Å²) in [7, 11) is 0. The van der Waals surface area contributed by atoms with Gasteiger partial charge in [0.1, 0.15) is 0 Å². The second-order valence-corrected chi connectivity index (χ2v) is 3.42. The molecule has 3 heteroatoms. The normalized spacial score (nSPS) is 14.8. The van der Waals surface area contributed by atoms with Gasteiger partial charge in [0, 0.05) is 22.4 Å². The van der Waals surface area contributed by atoms with E-state index in [4.69, 9.17) is 0 Å². The molecule has 0 saturated heterocycles. The number of halogens is 1. The summed E-state index contributed by atoms with van der Waals surface area (Å²) in [5.74, 6) is 0.0392. The molecule has 2 nitrogen and oxygen atoms in total. The van der Waals surface area contributed by atoms with E-state index in [1.54, 1.807) is 17.2 Å².